The Hall–Kier alpha value is -2.20. The molecule has 0 bridgehead atoms. The summed E-state index contributed by atoms with van der Waals surface area (Å²) in [5, 5.41) is 2.83. The third-order valence-electron chi connectivity index (χ3n) is 2.70. The Morgan fingerprint density at radius 3 is 2.65 bits per heavy atom. The summed E-state index contributed by atoms with van der Waals surface area (Å²) >= 11 is 1.64. The van der Waals surface area contributed by atoms with Crippen LogP contribution in [0.25, 0.3) is 6.08 Å². The van der Waals surface area contributed by atoms with Gasteiger partial charge in [0.1, 0.15) is 0 Å². The Kier molecular flexibility index (Phi) is 4.85. The highest BCUT2D eigenvalue weighted by Gasteiger charge is 1.99. The average molecular weight is 284 g/mol. The van der Waals surface area contributed by atoms with E-state index in [2.05, 4.69) is 5.32 Å². The van der Waals surface area contributed by atoms with Crippen LogP contribution in [0.2, 0.25) is 0 Å². The lowest BCUT2D eigenvalue weighted by molar-refractivity contribution is -0.111. The third-order valence-corrected chi connectivity index (χ3v) is 3.43. The fourth-order valence-electron chi connectivity index (χ4n) is 1.66. The summed E-state index contributed by atoms with van der Waals surface area (Å²) in [6.45, 7) is 0. The first-order valence-corrected chi connectivity index (χ1v) is 7.38. The largest absolute Gasteiger partial charge is 0.399 e. The lowest BCUT2D eigenvalue weighted by Crippen LogP contribution is -2.07. The minimum absolute atomic E-state index is 0.153. The van der Waals surface area contributed by atoms with E-state index in [1.165, 1.54) is 6.08 Å². The van der Waals surface area contributed by atoms with Crippen LogP contribution in [0.5, 0.6) is 0 Å². The maximum atomic E-state index is 11.8. The molecule has 0 unspecified atom stereocenters. The van der Waals surface area contributed by atoms with Gasteiger partial charge in [-0.1, -0.05) is 18.2 Å². The molecule has 3 N–H and O–H groups in total. The van der Waals surface area contributed by atoms with Gasteiger partial charge in [-0.2, -0.15) is 0 Å². The number of benzene rings is 2. The molecule has 0 saturated carbocycles. The van der Waals surface area contributed by atoms with Gasteiger partial charge in [0.25, 0.3) is 0 Å². The Bertz CT molecular complexity index is 621. The standard InChI is InChI=1S/C16H16N2OS/c1-20-15-4-2-3-14(11-15)18-16(19)10-7-12-5-8-13(17)9-6-12/h2-11H,17H2,1H3,(H,18,19)/b10-7+. The SMILES string of the molecule is CSc1cccc(NC(=O)/C=C/c2ccc(N)cc2)c1. The second kappa shape index (κ2) is 6.82. The fraction of sp³-hybridized carbons (Fsp3) is 0.0625. The number of hydrogen-bond donors (Lipinski definition) is 2. The molecule has 4 heteroatoms. The summed E-state index contributed by atoms with van der Waals surface area (Å²) in [5.41, 5.74) is 8.05. The number of carbonyl (C=O) groups excluding carboxylic acids is 1. The predicted molar refractivity (Wildman–Crippen MR) is 86.7 cm³/mol. The molecule has 0 atom stereocenters. The average Bonchev–Trinajstić information content (AvgIpc) is 2.47. The van der Waals surface area contributed by atoms with E-state index >= 15 is 0 Å². The van der Waals surface area contributed by atoms with Crippen LogP contribution < -0.4 is 11.1 Å². The van der Waals surface area contributed by atoms with Crippen molar-refractivity contribution in [3.63, 3.8) is 0 Å². The molecule has 0 spiro atoms. The Morgan fingerprint density at radius 2 is 1.95 bits per heavy atom. The van der Waals surface area contributed by atoms with E-state index < -0.39 is 0 Å². The fourth-order valence-corrected chi connectivity index (χ4v) is 2.12. The van der Waals surface area contributed by atoms with Gasteiger partial charge in [-0.3, -0.25) is 4.79 Å². The summed E-state index contributed by atoms with van der Waals surface area (Å²) in [6, 6.07) is 15.1. The van der Waals surface area contributed by atoms with E-state index in [4.69, 9.17) is 5.73 Å². The van der Waals surface area contributed by atoms with E-state index in [0.717, 1.165) is 16.1 Å². The highest BCUT2D eigenvalue weighted by Crippen LogP contribution is 2.19. The first-order valence-electron chi connectivity index (χ1n) is 6.16. The number of rotatable bonds is 4. The smallest absolute Gasteiger partial charge is 0.248 e. The van der Waals surface area contributed by atoms with Gasteiger partial charge in [0.2, 0.25) is 5.91 Å². The molecule has 20 heavy (non-hydrogen) atoms. The second-order valence-corrected chi connectivity index (χ2v) is 5.10. The summed E-state index contributed by atoms with van der Waals surface area (Å²) in [5.74, 6) is -0.153. The highest BCUT2D eigenvalue weighted by molar-refractivity contribution is 7.98. The van der Waals surface area contributed by atoms with Gasteiger partial charge >= 0.3 is 0 Å². The maximum Gasteiger partial charge on any atom is 0.248 e. The molecule has 0 radical (unpaired) electrons. The van der Waals surface area contributed by atoms with Gasteiger partial charge in [-0.15, -0.1) is 11.8 Å². The van der Waals surface area contributed by atoms with E-state index in [0.29, 0.717) is 5.69 Å². The summed E-state index contributed by atoms with van der Waals surface area (Å²) in [4.78, 5) is 12.9. The molecule has 0 aliphatic carbocycles. The summed E-state index contributed by atoms with van der Waals surface area (Å²) in [6.07, 6.45) is 5.27. The molecule has 2 aromatic rings. The Morgan fingerprint density at radius 1 is 1.20 bits per heavy atom. The molecule has 102 valence electrons. The zero-order valence-corrected chi connectivity index (χ0v) is 12.0. The Balaban J connectivity index is 1.99. The van der Waals surface area contributed by atoms with E-state index in [-0.39, 0.29) is 5.91 Å². The van der Waals surface area contributed by atoms with E-state index in [9.17, 15) is 4.79 Å². The zero-order valence-electron chi connectivity index (χ0n) is 11.2. The number of amides is 1. The molecular formula is C16H16N2OS. The molecule has 0 aliphatic heterocycles. The molecule has 0 aliphatic rings. The molecule has 2 aromatic carbocycles. The Labute approximate surface area is 122 Å². The van der Waals surface area contributed by atoms with Crippen molar-refractivity contribution in [2.24, 2.45) is 0 Å². The summed E-state index contributed by atoms with van der Waals surface area (Å²) in [7, 11) is 0. The number of thioether (sulfide) groups is 1. The predicted octanol–water partition coefficient (Wildman–Crippen LogP) is 3.64. The summed E-state index contributed by atoms with van der Waals surface area (Å²) < 4.78 is 0. The van der Waals surface area contributed by atoms with Crippen molar-refractivity contribution in [3.8, 4) is 0 Å². The van der Waals surface area contributed by atoms with Crippen molar-refractivity contribution in [1.29, 1.82) is 0 Å². The molecular weight excluding hydrogens is 268 g/mol. The topological polar surface area (TPSA) is 55.1 Å². The monoisotopic (exact) mass is 284 g/mol. The van der Waals surface area contributed by atoms with Gasteiger partial charge in [0.15, 0.2) is 0 Å². The molecule has 2 rings (SSSR count). The number of nitrogens with one attached hydrogen (secondary N) is 1. The second-order valence-electron chi connectivity index (χ2n) is 4.22. The molecule has 0 heterocycles. The van der Waals surface area contributed by atoms with Crippen molar-refractivity contribution in [3.05, 3.63) is 60.2 Å². The maximum absolute atomic E-state index is 11.8. The molecule has 0 aromatic heterocycles. The van der Waals surface area contributed by atoms with Crippen molar-refractivity contribution in [2.75, 3.05) is 17.3 Å². The lowest BCUT2D eigenvalue weighted by atomic mass is 10.2. The molecule has 0 fully saturated rings. The number of carbonyl (C=O) groups is 1. The number of nitrogen functional groups attached to an aromatic ring is 1. The first kappa shape index (κ1) is 14.2. The third kappa shape index (κ3) is 4.17. The van der Waals surface area contributed by atoms with Crippen molar-refractivity contribution in [2.45, 2.75) is 4.90 Å². The van der Waals surface area contributed by atoms with Crippen LogP contribution in [0, 0.1) is 0 Å². The number of anilines is 2. The minimum atomic E-state index is -0.153. The van der Waals surface area contributed by atoms with Gasteiger partial charge < -0.3 is 11.1 Å². The van der Waals surface area contributed by atoms with Crippen LogP contribution in [0.3, 0.4) is 0 Å². The quantitative estimate of drug-likeness (QED) is 0.512. The molecule has 3 nitrogen and oxygen atoms in total. The highest BCUT2D eigenvalue weighted by atomic mass is 32.2. The van der Waals surface area contributed by atoms with Crippen LogP contribution in [0.15, 0.2) is 59.5 Å². The van der Waals surface area contributed by atoms with Crippen molar-refractivity contribution >= 4 is 35.1 Å². The van der Waals surface area contributed by atoms with Crippen LogP contribution in [-0.4, -0.2) is 12.2 Å². The van der Waals surface area contributed by atoms with Gasteiger partial charge in [-0.25, -0.2) is 0 Å². The minimum Gasteiger partial charge on any atom is -0.399 e. The van der Waals surface area contributed by atoms with Crippen LogP contribution in [-0.2, 0) is 4.79 Å². The van der Waals surface area contributed by atoms with E-state index in [1.807, 2.05) is 42.7 Å². The molecule has 0 saturated heterocycles. The number of nitrogens with two attached hydrogens (primary N) is 1. The van der Waals surface area contributed by atoms with Crippen molar-refractivity contribution < 1.29 is 4.79 Å². The van der Waals surface area contributed by atoms with Gasteiger partial charge in [-0.05, 0) is 48.2 Å². The van der Waals surface area contributed by atoms with Crippen LogP contribution in [0.1, 0.15) is 5.56 Å². The normalized spacial score (nSPS) is 10.7. The van der Waals surface area contributed by atoms with Gasteiger partial charge in [0.05, 0.1) is 0 Å². The van der Waals surface area contributed by atoms with Crippen molar-refractivity contribution in [1.82, 2.24) is 0 Å². The zero-order chi connectivity index (χ0) is 14.4. The molecule has 1 amide bonds. The van der Waals surface area contributed by atoms with E-state index in [1.54, 1.807) is 30.0 Å². The van der Waals surface area contributed by atoms with Crippen LogP contribution in [0.4, 0.5) is 11.4 Å². The van der Waals surface area contributed by atoms with Gasteiger partial charge in [0, 0.05) is 22.3 Å². The number of hydrogen-bond acceptors (Lipinski definition) is 3. The lowest BCUT2D eigenvalue weighted by Gasteiger charge is -2.03. The first-order chi connectivity index (χ1) is 9.67. The van der Waals surface area contributed by atoms with Crippen LogP contribution >= 0.6 is 11.8 Å².